The Morgan fingerprint density at radius 3 is 2.75 bits per heavy atom. The van der Waals surface area contributed by atoms with Crippen molar-refractivity contribution in [1.29, 1.82) is 0 Å². The maximum atomic E-state index is 12.7. The fourth-order valence-electron chi connectivity index (χ4n) is 2.53. The highest BCUT2D eigenvalue weighted by atomic mass is 32.2. The van der Waals surface area contributed by atoms with E-state index in [0.717, 1.165) is 18.4 Å². The minimum Gasteiger partial charge on any atom is -0.398 e. The number of hydrogen-bond acceptors (Lipinski definition) is 5. The summed E-state index contributed by atoms with van der Waals surface area (Å²) in [7, 11) is -3.46. The van der Waals surface area contributed by atoms with E-state index in [0.29, 0.717) is 16.4 Å². The van der Waals surface area contributed by atoms with Gasteiger partial charge in [-0.25, -0.2) is 8.42 Å². The fourth-order valence-corrected chi connectivity index (χ4v) is 5.42. The topological polar surface area (TPSA) is 76.3 Å². The summed E-state index contributed by atoms with van der Waals surface area (Å²) >= 11 is 1.17. The largest absolute Gasteiger partial charge is 0.398 e. The van der Waals surface area contributed by atoms with E-state index in [9.17, 15) is 8.42 Å². The Labute approximate surface area is 122 Å². The monoisotopic (exact) mass is 309 g/mol. The highest BCUT2D eigenvalue weighted by molar-refractivity contribution is 7.91. The molecular weight excluding hydrogens is 294 g/mol. The van der Waals surface area contributed by atoms with Crippen LogP contribution in [0.1, 0.15) is 24.4 Å². The van der Waals surface area contributed by atoms with E-state index >= 15 is 0 Å². The lowest BCUT2D eigenvalue weighted by Gasteiger charge is -2.23. The molecular formula is C13H15N3O2S2. The van der Waals surface area contributed by atoms with Crippen LogP contribution in [-0.2, 0) is 10.0 Å². The van der Waals surface area contributed by atoms with Crippen LogP contribution in [0.15, 0.2) is 40.2 Å². The van der Waals surface area contributed by atoms with E-state index in [1.807, 2.05) is 12.1 Å². The van der Waals surface area contributed by atoms with E-state index in [1.54, 1.807) is 22.1 Å². The Hall–Kier alpha value is -1.44. The summed E-state index contributed by atoms with van der Waals surface area (Å²) in [5.74, 6) is 0. The summed E-state index contributed by atoms with van der Waals surface area (Å²) in [6.07, 6.45) is 5.10. The van der Waals surface area contributed by atoms with Crippen LogP contribution in [0.2, 0.25) is 0 Å². The highest BCUT2D eigenvalue weighted by Gasteiger charge is 2.36. The first-order chi connectivity index (χ1) is 9.59. The van der Waals surface area contributed by atoms with Crippen LogP contribution in [0.4, 0.5) is 5.69 Å². The number of nitrogens with two attached hydrogens (primary N) is 1. The Morgan fingerprint density at radius 2 is 2.10 bits per heavy atom. The zero-order valence-electron chi connectivity index (χ0n) is 10.8. The Morgan fingerprint density at radius 1 is 1.35 bits per heavy atom. The van der Waals surface area contributed by atoms with E-state index in [2.05, 4.69) is 4.98 Å². The van der Waals surface area contributed by atoms with Crippen molar-refractivity contribution in [2.45, 2.75) is 23.1 Å². The van der Waals surface area contributed by atoms with Crippen molar-refractivity contribution in [2.75, 3.05) is 12.3 Å². The summed E-state index contributed by atoms with van der Waals surface area (Å²) in [5.41, 5.74) is 7.12. The van der Waals surface area contributed by atoms with Gasteiger partial charge in [0.2, 0.25) is 0 Å². The molecule has 2 N–H and O–H groups in total. The van der Waals surface area contributed by atoms with Crippen molar-refractivity contribution in [3.8, 4) is 0 Å². The van der Waals surface area contributed by atoms with Gasteiger partial charge in [-0.15, -0.1) is 11.3 Å². The van der Waals surface area contributed by atoms with Crippen molar-refractivity contribution in [2.24, 2.45) is 0 Å². The zero-order chi connectivity index (χ0) is 14.2. The Bertz CT molecular complexity index is 697. The van der Waals surface area contributed by atoms with Gasteiger partial charge in [0.05, 0.1) is 6.04 Å². The van der Waals surface area contributed by atoms with Crippen molar-refractivity contribution >= 4 is 27.0 Å². The molecule has 1 saturated heterocycles. The molecule has 0 saturated carbocycles. The summed E-state index contributed by atoms with van der Waals surface area (Å²) < 4.78 is 27.3. The number of thiophene rings is 1. The van der Waals surface area contributed by atoms with Crippen LogP contribution in [0.25, 0.3) is 0 Å². The van der Waals surface area contributed by atoms with Crippen LogP contribution >= 0.6 is 11.3 Å². The molecule has 1 fully saturated rings. The van der Waals surface area contributed by atoms with Crippen molar-refractivity contribution in [3.63, 3.8) is 0 Å². The van der Waals surface area contributed by atoms with Gasteiger partial charge in [0.1, 0.15) is 4.21 Å². The number of rotatable bonds is 3. The maximum Gasteiger partial charge on any atom is 0.253 e. The second-order valence-electron chi connectivity index (χ2n) is 4.75. The standard InChI is InChI=1S/C13H15N3O2S2/c14-11-8-13(19-9-11)20(17,18)16-7-1-2-12(16)10-3-5-15-6-4-10/h3-6,8-9,12H,1-2,7,14H2. The third-order valence-corrected chi connectivity index (χ3v) is 6.79. The predicted molar refractivity (Wildman–Crippen MR) is 78.8 cm³/mol. The summed E-state index contributed by atoms with van der Waals surface area (Å²) in [6, 6.07) is 5.18. The van der Waals surface area contributed by atoms with Gasteiger partial charge < -0.3 is 5.73 Å². The SMILES string of the molecule is Nc1csc(S(=O)(=O)N2CCCC2c2ccncc2)c1. The average molecular weight is 309 g/mol. The third kappa shape index (κ3) is 2.32. The number of pyridine rings is 1. The molecule has 3 heterocycles. The van der Waals surface area contributed by atoms with Gasteiger partial charge in [-0.3, -0.25) is 4.98 Å². The van der Waals surface area contributed by atoms with E-state index < -0.39 is 10.0 Å². The molecule has 1 atom stereocenters. The van der Waals surface area contributed by atoms with E-state index in [-0.39, 0.29) is 6.04 Å². The maximum absolute atomic E-state index is 12.7. The van der Waals surface area contributed by atoms with Crippen LogP contribution in [0, 0.1) is 0 Å². The quantitative estimate of drug-likeness (QED) is 0.943. The van der Waals surface area contributed by atoms with Gasteiger partial charge in [-0.1, -0.05) is 0 Å². The first-order valence-electron chi connectivity index (χ1n) is 6.35. The third-order valence-electron chi connectivity index (χ3n) is 3.45. The minimum atomic E-state index is -3.46. The lowest BCUT2D eigenvalue weighted by atomic mass is 10.1. The van der Waals surface area contributed by atoms with Gasteiger partial charge in [-0.05, 0) is 36.6 Å². The summed E-state index contributed by atoms with van der Waals surface area (Å²) in [5, 5.41) is 1.66. The fraction of sp³-hybridized carbons (Fsp3) is 0.308. The van der Waals surface area contributed by atoms with Gasteiger partial charge >= 0.3 is 0 Å². The lowest BCUT2D eigenvalue weighted by molar-refractivity contribution is 0.397. The Balaban J connectivity index is 1.97. The Kier molecular flexibility index (Phi) is 3.49. The number of anilines is 1. The van der Waals surface area contributed by atoms with Crippen molar-refractivity contribution < 1.29 is 8.42 Å². The van der Waals surface area contributed by atoms with Gasteiger partial charge in [0, 0.05) is 30.0 Å². The van der Waals surface area contributed by atoms with Gasteiger partial charge in [0.15, 0.2) is 0 Å². The van der Waals surface area contributed by atoms with Gasteiger partial charge in [0.25, 0.3) is 10.0 Å². The van der Waals surface area contributed by atoms with Crippen molar-refractivity contribution in [3.05, 3.63) is 41.5 Å². The molecule has 7 heteroatoms. The predicted octanol–water partition coefficient (Wildman–Crippen LogP) is 2.25. The number of nitrogen functional groups attached to an aromatic ring is 1. The van der Waals surface area contributed by atoms with Crippen LogP contribution in [-0.4, -0.2) is 24.3 Å². The molecule has 0 spiro atoms. The molecule has 2 aromatic rings. The van der Waals surface area contributed by atoms with Crippen LogP contribution in [0.3, 0.4) is 0 Å². The molecule has 1 aliphatic rings. The van der Waals surface area contributed by atoms with E-state index in [4.69, 9.17) is 5.73 Å². The molecule has 0 aliphatic carbocycles. The second kappa shape index (κ2) is 5.16. The van der Waals surface area contributed by atoms with Crippen LogP contribution < -0.4 is 5.73 Å². The molecule has 0 aromatic carbocycles. The normalized spacial score (nSPS) is 20.3. The van der Waals surface area contributed by atoms with E-state index in [1.165, 1.54) is 17.4 Å². The summed E-state index contributed by atoms with van der Waals surface area (Å²) in [4.78, 5) is 3.98. The summed E-state index contributed by atoms with van der Waals surface area (Å²) in [6.45, 7) is 0.549. The highest BCUT2D eigenvalue weighted by Crippen LogP contribution is 2.37. The van der Waals surface area contributed by atoms with Crippen molar-refractivity contribution in [1.82, 2.24) is 9.29 Å². The molecule has 20 heavy (non-hydrogen) atoms. The minimum absolute atomic E-state index is 0.105. The molecule has 0 radical (unpaired) electrons. The molecule has 0 amide bonds. The molecule has 1 aliphatic heterocycles. The lowest BCUT2D eigenvalue weighted by Crippen LogP contribution is -2.30. The van der Waals surface area contributed by atoms with Crippen LogP contribution in [0.5, 0.6) is 0 Å². The van der Waals surface area contributed by atoms with Gasteiger partial charge in [-0.2, -0.15) is 4.31 Å². The number of nitrogens with zero attached hydrogens (tertiary/aromatic N) is 2. The second-order valence-corrected chi connectivity index (χ2v) is 7.78. The number of sulfonamides is 1. The average Bonchev–Trinajstić information content (AvgIpc) is 3.08. The molecule has 0 bridgehead atoms. The molecule has 3 rings (SSSR count). The molecule has 5 nitrogen and oxygen atoms in total. The molecule has 2 aromatic heterocycles. The smallest absolute Gasteiger partial charge is 0.253 e. The first-order valence-corrected chi connectivity index (χ1v) is 8.67. The zero-order valence-corrected chi connectivity index (χ0v) is 12.4. The first kappa shape index (κ1) is 13.5. The molecule has 1 unspecified atom stereocenters. The number of hydrogen-bond donors (Lipinski definition) is 1. The molecule has 106 valence electrons. The number of aromatic nitrogens is 1.